The zero-order chi connectivity index (χ0) is 13.0. The summed E-state index contributed by atoms with van der Waals surface area (Å²) in [4.78, 5) is 14.7. The standard InChI is InChI=1S/C11H16N6S/c1-12-9-14-10(16-11(15-9)17(2)3)13-6-8-4-5-18-7-8/h4-5,7H,6H2,1-3H3,(H2,12,13,14,15,16). The van der Waals surface area contributed by atoms with E-state index in [4.69, 9.17) is 0 Å². The number of hydrogen-bond acceptors (Lipinski definition) is 7. The summed E-state index contributed by atoms with van der Waals surface area (Å²) in [5.41, 5.74) is 1.22. The van der Waals surface area contributed by atoms with E-state index in [0.29, 0.717) is 24.4 Å². The zero-order valence-corrected chi connectivity index (χ0v) is 11.5. The second kappa shape index (κ2) is 5.63. The maximum Gasteiger partial charge on any atom is 0.231 e. The molecule has 0 spiro atoms. The summed E-state index contributed by atoms with van der Waals surface area (Å²) < 4.78 is 0. The van der Waals surface area contributed by atoms with Crippen LogP contribution < -0.4 is 15.5 Å². The van der Waals surface area contributed by atoms with Gasteiger partial charge in [-0.2, -0.15) is 26.3 Å². The van der Waals surface area contributed by atoms with Gasteiger partial charge in [-0.1, -0.05) is 0 Å². The Hall–Kier alpha value is -1.89. The van der Waals surface area contributed by atoms with Crippen LogP contribution in [0.4, 0.5) is 17.8 Å². The molecule has 2 N–H and O–H groups in total. The molecule has 2 aromatic heterocycles. The average Bonchev–Trinajstić information content (AvgIpc) is 2.89. The van der Waals surface area contributed by atoms with E-state index in [1.165, 1.54) is 5.56 Å². The van der Waals surface area contributed by atoms with Crippen LogP contribution in [0, 0.1) is 0 Å². The lowest BCUT2D eigenvalue weighted by Gasteiger charge is -2.13. The highest BCUT2D eigenvalue weighted by molar-refractivity contribution is 7.07. The van der Waals surface area contributed by atoms with Gasteiger partial charge in [-0.25, -0.2) is 0 Å². The quantitative estimate of drug-likeness (QED) is 0.856. The molecule has 2 rings (SSSR count). The summed E-state index contributed by atoms with van der Waals surface area (Å²) >= 11 is 1.68. The first-order chi connectivity index (χ1) is 8.69. The molecule has 0 aliphatic heterocycles. The van der Waals surface area contributed by atoms with Crippen LogP contribution in [-0.4, -0.2) is 36.1 Å². The smallest absolute Gasteiger partial charge is 0.231 e. The van der Waals surface area contributed by atoms with Crippen molar-refractivity contribution in [1.29, 1.82) is 0 Å². The van der Waals surface area contributed by atoms with Gasteiger partial charge in [0.15, 0.2) is 0 Å². The van der Waals surface area contributed by atoms with E-state index in [-0.39, 0.29) is 0 Å². The minimum atomic E-state index is 0.557. The first-order valence-corrected chi connectivity index (χ1v) is 6.49. The second-order valence-electron chi connectivity index (χ2n) is 3.91. The third-order valence-electron chi connectivity index (χ3n) is 2.28. The monoisotopic (exact) mass is 264 g/mol. The third-order valence-corrected chi connectivity index (χ3v) is 3.01. The molecule has 6 nitrogen and oxygen atoms in total. The van der Waals surface area contributed by atoms with Crippen molar-refractivity contribution < 1.29 is 0 Å². The van der Waals surface area contributed by atoms with Gasteiger partial charge in [-0.15, -0.1) is 0 Å². The van der Waals surface area contributed by atoms with Crippen molar-refractivity contribution in [3.8, 4) is 0 Å². The van der Waals surface area contributed by atoms with Crippen LogP contribution in [0.2, 0.25) is 0 Å². The predicted molar refractivity (Wildman–Crippen MR) is 75.3 cm³/mol. The lowest BCUT2D eigenvalue weighted by Crippen LogP contribution is -2.16. The number of rotatable bonds is 5. The van der Waals surface area contributed by atoms with Gasteiger partial charge < -0.3 is 15.5 Å². The minimum absolute atomic E-state index is 0.557. The van der Waals surface area contributed by atoms with E-state index < -0.39 is 0 Å². The zero-order valence-electron chi connectivity index (χ0n) is 10.6. The first kappa shape index (κ1) is 12.6. The molecule has 0 fully saturated rings. The van der Waals surface area contributed by atoms with Crippen LogP contribution in [0.15, 0.2) is 16.8 Å². The molecule has 2 aromatic rings. The molecule has 0 amide bonds. The van der Waals surface area contributed by atoms with Crippen molar-refractivity contribution in [2.45, 2.75) is 6.54 Å². The number of nitrogens with one attached hydrogen (secondary N) is 2. The van der Waals surface area contributed by atoms with Gasteiger partial charge >= 0.3 is 0 Å². The summed E-state index contributed by atoms with van der Waals surface area (Å²) in [7, 11) is 5.59. The van der Waals surface area contributed by atoms with Gasteiger partial charge in [-0.05, 0) is 22.4 Å². The largest absolute Gasteiger partial charge is 0.357 e. The highest BCUT2D eigenvalue weighted by Gasteiger charge is 2.06. The summed E-state index contributed by atoms with van der Waals surface area (Å²) in [6.45, 7) is 0.712. The highest BCUT2D eigenvalue weighted by Crippen LogP contribution is 2.13. The van der Waals surface area contributed by atoms with Gasteiger partial charge in [0.1, 0.15) is 0 Å². The molecule has 0 aliphatic rings. The van der Waals surface area contributed by atoms with Gasteiger partial charge in [0, 0.05) is 27.7 Å². The molecular formula is C11H16N6S. The molecule has 7 heteroatoms. The molecule has 0 unspecified atom stereocenters. The van der Waals surface area contributed by atoms with Gasteiger partial charge in [0.25, 0.3) is 0 Å². The lowest BCUT2D eigenvalue weighted by atomic mass is 10.3. The predicted octanol–water partition coefficient (Wildman–Crippen LogP) is 1.65. The molecule has 0 saturated carbocycles. The Bertz CT molecular complexity index is 496. The van der Waals surface area contributed by atoms with E-state index in [0.717, 1.165) is 0 Å². The molecule has 0 saturated heterocycles. The number of aromatic nitrogens is 3. The van der Waals surface area contributed by atoms with E-state index in [1.54, 1.807) is 18.4 Å². The summed E-state index contributed by atoms with van der Waals surface area (Å²) in [5, 5.41) is 10.3. The fraction of sp³-hybridized carbons (Fsp3) is 0.364. The maximum atomic E-state index is 4.34. The summed E-state index contributed by atoms with van der Waals surface area (Å²) in [5.74, 6) is 1.76. The van der Waals surface area contributed by atoms with Gasteiger partial charge in [0.05, 0.1) is 0 Å². The topological polar surface area (TPSA) is 66.0 Å². The molecule has 0 bridgehead atoms. The van der Waals surface area contributed by atoms with Crippen molar-refractivity contribution in [3.05, 3.63) is 22.4 Å². The lowest BCUT2D eigenvalue weighted by molar-refractivity contribution is 0.945. The first-order valence-electron chi connectivity index (χ1n) is 5.55. The molecule has 0 aliphatic carbocycles. The molecule has 0 atom stereocenters. The van der Waals surface area contributed by atoms with Crippen molar-refractivity contribution in [2.75, 3.05) is 36.7 Å². The number of nitrogens with zero attached hydrogens (tertiary/aromatic N) is 4. The van der Waals surface area contributed by atoms with Gasteiger partial charge in [0.2, 0.25) is 17.8 Å². The minimum Gasteiger partial charge on any atom is -0.357 e. The fourth-order valence-electron chi connectivity index (χ4n) is 1.33. The maximum absolute atomic E-state index is 4.34. The number of thiophene rings is 1. The molecule has 0 radical (unpaired) electrons. The van der Waals surface area contributed by atoms with E-state index in [1.807, 2.05) is 19.0 Å². The van der Waals surface area contributed by atoms with Crippen LogP contribution in [-0.2, 0) is 6.54 Å². The average molecular weight is 264 g/mol. The Morgan fingerprint density at radius 1 is 1.22 bits per heavy atom. The molecule has 0 aromatic carbocycles. The van der Waals surface area contributed by atoms with E-state index in [2.05, 4.69) is 42.4 Å². The normalized spacial score (nSPS) is 10.2. The number of hydrogen-bond donors (Lipinski definition) is 2. The Morgan fingerprint density at radius 3 is 2.61 bits per heavy atom. The van der Waals surface area contributed by atoms with Crippen molar-refractivity contribution in [1.82, 2.24) is 15.0 Å². The van der Waals surface area contributed by atoms with Crippen LogP contribution >= 0.6 is 11.3 Å². The van der Waals surface area contributed by atoms with Crippen LogP contribution in [0.1, 0.15) is 5.56 Å². The number of anilines is 3. The Morgan fingerprint density at radius 2 is 2.00 bits per heavy atom. The van der Waals surface area contributed by atoms with Gasteiger partial charge in [-0.3, -0.25) is 0 Å². The summed E-state index contributed by atoms with van der Waals surface area (Å²) in [6.07, 6.45) is 0. The van der Waals surface area contributed by atoms with Crippen LogP contribution in [0.3, 0.4) is 0 Å². The fourth-order valence-corrected chi connectivity index (χ4v) is 2.00. The molecular weight excluding hydrogens is 248 g/mol. The van der Waals surface area contributed by atoms with Crippen molar-refractivity contribution in [3.63, 3.8) is 0 Å². The van der Waals surface area contributed by atoms with E-state index in [9.17, 15) is 0 Å². The van der Waals surface area contributed by atoms with Crippen LogP contribution in [0.25, 0.3) is 0 Å². The Kier molecular flexibility index (Phi) is 3.93. The second-order valence-corrected chi connectivity index (χ2v) is 4.69. The third kappa shape index (κ3) is 3.07. The highest BCUT2D eigenvalue weighted by atomic mass is 32.1. The Labute approximate surface area is 110 Å². The molecule has 18 heavy (non-hydrogen) atoms. The molecule has 2 heterocycles. The van der Waals surface area contributed by atoms with Crippen molar-refractivity contribution in [2.24, 2.45) is 0 Å². The SMILES string of the molecule is CNc1nc(NCc2ccsc2)nc(N(C)C)n1. The van der Waals surface area contributed by atoms with Crippen LogP contribution in [0.5, 0.6) is 0 Å². The van der Waals surface area contributed by atoms with E-state index >= 15 is 0 Å². The summed E-state index contributed by atoms with van der Waals surface area (Å²) in [6, 6.07) is 2.07. The van der Waals surface area contributed by atoms with Crippen molar-refractivity contribution >= 4 is 29.2 Å². The Balaban J connectivity index is 2.13. The molecule has 96 valence electrons.